The third-order valence-electron chi connectivity index (χ3n) is 3.22. The zero-order valence-electron chi connectivity index (χ0n) is 10.2. The molecule has 88 valence electrons. The first-order valence-electron chi connectivity index (χ1n) is 5.84. The fraction of sp³-hybridized carbons (Fsp3) is 0.667. The third kappa shape index (κ3) is 2.50. The number of anilines is 1. The number of aryl methyl sites for hydroxylation is 1. The number of rotatable bonds is 2. The van der Waals surface area contributed by atoms with Crippen molar-refractivity contribution in [2.75, 3.05) is 18.4 Å². The molecule has 0 amide bonds. The number of aromatic nitrogens is 2. The van der Waals surface area contributed by atoms with Crippen LogP contribution in [-0.2, 0) is 0 Å². The van der Waals surface area contributed by atoms with Crippen LogP contribution in [0.4, 0.5) is 5.95 Å². The van der Waals surface area contributed by atoms with Gasteiger partial charge in [-0.25, -0.2) is 9.97 Å². The van der Waals surface area contributed by atoms with E-state index < -0.39 is 0 Å². The highest BCUT2D eigenvalue weighted by molar-refractivity contribution is 5.27. The summed E-state index contributed by atoms with van der Waals surface area (Å²) in [7, 11) is 0. The van der Waals surface area contributed by atoms with Crippen LogP contribution in [0.25, 0.3) is 0 Å². The van der Waals surface area contributed by atoms with Crippen LogP contribution in [0, 0.1) is 12.3 Å². The molecule has 1 atom stereocenters. The molecule has 4 heteroatoms. The quantitative estimate of drug-likeness (QED) is 0.794. The molecule has 1 aromatic heterocycles. The van der Waals surface area contributed by atoms with E-state index in [1.165, 1.54) is 0 Å². The third-order valence-corrected chi connectivity index (χ3v) is 3.22. The van der Waals surface area contributed by atoms with Crippen molar-refractivity contribution in [3.8, 4) is 0 Å². The van der Waals surface area contributed by atoms with Gasteiger partial charge in [0.25, 0.3) is 0 Å². The van der Waals surface area contributed by atoms with Crippen molar-refractivity contribution >= 4 is 5.95 Å². The SMILES string of the molecule is Cc1cnc(NC2CCNCC2(C)C)nc1. The van der Waals surface area contributed by atoms with E-state index in [1.54, 1.807) is 0 Å². The van der Waals surface area contributed by atoms with Crippen molar-refractivity contribution in [1.82, 2.24) is 15.3 Å². The van der Waals surface area contributed by atoms with Crippen LogP contribution < -0.4 is 10.6 Å². The van der Waals surface area contributed by atoms with Crippen LogP contribution in [0.5, 0.6) is 0 Å². The lowest BCUT2D eigenvalue weighted by atomic mass is 9.80. The molecule has 2 N–H and O–H groups in total. The highest BCUT2D eigenvalue weighted by atomic mass is 15.1. The van der Waals surface area contributed by atoms with E-state index in [9.17, 15) is 0 Å². The van der Waals surface area contributed by atoms with Gasteiger partial charge in [0.1, 0.15) is 0 Å². The van der Waals surface area contributed by atoms with Gasteiger partial charge >= 0.3 is 0 Å². The number of hydrogen-bond donors (Lipinski definition) is 2. The minimum Gasteiger partial charge on any atom is -0.351 e. The molecule has 2 heterocycles. The summed E-state index contributed by atoms with van der Waals surface area (Å²) in [5, 5.41) is 6.86. The van der Waals surface area contributed by atoms with Gasteiger partial charge in [-0.1, -0.05) is 13.8 Å². The maximum absolute atomic E-state index is 4.30. The van der Waals surface area contributed by atoms with E-state index in [0.717, 1.165) is 31.0 Å². The monoisotopic (exact) mass is 220 g/mol. The number of piperidine rings is 1. The second-order valence-electron chi connectivity index (χ2n) is 5.23. The molecule has 1 unspecified atom stereocenters. The van der Waals surface area contributed by atoms with Crippen LogP contribution in [0.2, 0.25) is 0 Å². The summed E-state index contributed by atoms with van der Waals surface area (Å²) in [6.45, 7) is 8.64. The van der Waals surface area contributed by atoms with E-state index >= 15 is 0 Å². The average Bonchev–Trinajstić information content (AvgIpc) is 2.24. The Morgan fingerprint density at radius 2 is 2.06 bits per heavy atom. The zero-order valence-corrected chi connectivity index (χ0v) is 10.2. The maximum atomic E-state index is 4.30. The van der Waals surface area contributed by atoms with Gasteiger partial charge in [0.2, 0.25) is 5.95 Å². The van der Waals surface area contributed by atoms with Crippen LogP contribution in [-0.4, -0.2) is 29.1 Å². The van der Waals surface area contributed by atoms with Gasteiger partial charge in [-0.2, -0.15) is 0 Å². The minimum absolute atomic E-state index is 0.243. The fourth-order valence-corrected chi connectivity index (χ4v) is 2.06. The van der Waals surface area contributed by atoms with E-state index in [-0.39, 0.29) is 5.41 Å². The Bertz CT molecular complexity index is 345. The molecule has 1 aliphatic heterocycles. The van der Waals surface area contributed by atoms with Crippen LogP contribution in [0.15, 0.2) is 12.4 Å². The Hall–Kier alpha value is -1.16. The molecule has 0 aliphatic carbocycles. The predicted molar refractivity (Wildman–Crippen MR) is 65.4 cm³/mol. The molecule has 0 aromatic carbocycles. The molecule has 1 fully saturated rings. The lowest BCUT2D eigenvalue weighted by Gasteiger charge is -2.39. The van der Waals surface area contributed by atoms with Crippen molar-refractivity contribution < 1.29 is 0 Å². The Kier molecular flexibility index (Phi) is 3.10. The summed E-state index contributed by atoms with van der Waals surface area (Å²) in [4.78, 5) is 8.59. The first kappa shape index (κ1) is 11.3. The van der Waals surface area contributed by atoms with Crippen molar-refractivity contribution in [3.05, 3.63) is 18.0 Å². The minimum atomic E-state index is 0.243. The molecule has 0 spiro atoms. The standard InChI is InChI=1S/C12H20N4/c1-9-6-14-11(15-7-9)16-10-4-5-13-8-12(10,2)3/h6-7,10,13H,4-5,8H2,1-3H3,(H,14,15,16). The second kappa shape index (κ2) is 4.37. The smallest absolute Gasteiger partial charge is 0.222 e. The van der Waals surface area contributed by atoms with Gasteiger partial charge in [0.05, 0.1) is 0 Å². The largest absolute Gasteiger partial charge is 0.351 e. The first-order valence-corrected chi connectivity index (χ1v) is 5.84. The van der Waals surface area contributed by atoms with Crippen molar-refractivity contribution in [2.45, 2.75) is 33.2 Å². The Balaban J connectivity index is 2.05. The normalized spacial score (nSPS) is 24.1. The van der Waals surface area contributed by atoms with Gasteiger partial charge in [0, 0.05) is 25.0 Å². The van der Waals surface area contributed by atoms with E-state index in [4.69, 9.17) is 0 Å². The molecule has 16 heavy (non-hydrogen) atoms. The topological polar surface area (TPSA) is 49.8 Å². The Labute approximate surface area is 96.9 Å². The van der Waals surface area contributed by atoms with Gasteiger partial charge < -0.3 is 10.6 Å². The van der Waals surface area contributed by atoms with Crippen LogP contribution in [0.3, 0.4) is 0 Å². The van der Waals surface area contributed by atoms with Gasteiger partial charge in [-0.3, -0.25) is 0 Å². The van der Waals surface area contributed by atoms with E-state index in [2.05, 4.69) is 34.4 Å². The van der Waals surface area contributed by atoms with Crippen LogP contribution >= 0.6 is 0 Å². The molecule has 0 bridgehead atoms. The van der Waals surface area contributed by atoms with Gasteiger partial charge in [0.15, 0.2) is 0 Å². The molecular weight excluding hydrogens is 200 g/mol. The lowest BCUT2D eigenvalue weighted by molar-refractivity contribution is 0.236. The molecule has 1 saturated heterocycles. The predicted octanol–water partition coefficient (Wildman–Crippen LogP) is 1.59. The van der Waals surface area contributed by atoms with E-state index in [0.29, 0.717) is 6.04 Å². The summed E-state index contributed by atoms with van der Waals surface area (Å²) in [6.07, 6.45) is 4.82. The van der Waals surface area contributed by atoms with Crippen molar-refractivity contribution in [3.63, 3.8) is 0 Å². The summed E-state index contributed by atoms with van der Waals surface area (Å²) in [5.41, 5.74) is 1.34. The second-order valence-corrected chi connectivity index (χ2v) is 5.23. The first-order chi connectivity index (χ1) is 7.58. The van der Waals surface area contributed by atoms with Crippen molar-refractivity contribution in [1.29, 1.82) is 0 Å². The zero-order chi connectivity index (χ0) is 11.6. The molecule has 0 radical (unpaired) electrons. The molecular formula is C12H20N4. The summed E-state index contributed by atoms with van der Waals surface area (Å²) < 4.78 is 0. The molecule has 0 saturated carbocycles. The van der Waals surface area contributed by atoms with Crippen molar-refractivity contribution in [2.24, 2.45) is 5.41 Å². The Morgan fingerprint density at radius 1 is 1.38 bits per heavy atom. The summed E-state index contributed by atoms with van der Waals surface area (Å²) >= 11 is 0. The Morgan fingerprint density at radius 3 is 2.69 bits per heavy atom. The van der Waals surface area contributed by atoms with Gasteiger partial charge in [-0.15, -0.1) is 0 Å². The summed E-state index contributed by atoms with van der Waals surface area (Å²) in [5.74, 6) is 0.741. The number of hydrogen-bond acceptors (Lipinski definition) is 4. The summed E-state index contributed by atoms with van der Waals surface area (Å²) in [6, 6.07) is 0.441. The number of nitrogens with zero attached hydrogens (tertiary/aromatic N) is 2. The van der Waals surface area contributed by atoms with E-state index in [1.807, 2.05) is 19.3 Å². The molecule has 4 nitrogen and oxygen atoms in total. The average molecular weight is 220 g/mol. The highest BCUT2D eigenvalue weighted by Gasteiger charge is 2.32. The maximum Gasteiger partial charge on any atom is 0.222 e. The number of nitrogens with one attached hydrogen (secondary N) is 2. The molecule has 2 rings (SSSR count). The van der Waals surface area contributed by atoms with Crippen LogP contribution in [0.1, 0.15) is 25.8 Å². The van der Waals surface area contributed by atoms with Gasteiger partial charge in [-0.05, 0) is 30.9 Å². The molecule has 1 aromatic rings. The lowest BCUT2D eigenvalue weighted by Crippen LogP contribution is -2.49. The highest BCUT2D eigenvalue weighted by Crippen LogP contribution is 2.27. The molecule has 1 aliphatic rings. The fourth-order valence-electron chi connectivity index (χ4n) is 2.06.